The van der Waals surface area contributed by atoms with Crippen molar-refractivity contribution in [3.8, 4) is 0 Å². The second kappa shape index (κ2) is 3.91. The van der Waals surface area contributed by atoms with Gasteiger partial charge in [-0.25, -0.2) is 4.79 Å². The smallest absolute Gasteiger partial charge is 0.407 e. The molecule has 3 heterocycles. The van der Waals surface area contributed by atoms with Gasteiger partial charge >= 0.3 is 6.09 Å². The van der Waals surface area contributed by atoms with E-state index < -0.39 is 6.09 Å². The number of hydrogen-bond donors (Lipinski definition) is 1. The average Bonchev–Trinajstić information content (AvgIpc) is 2.89. The van der Waals surface area contributed by atoms with E-state index in [1.807, 2.05) is 18.3 Å². The van der Waals surface area contributed by atoms with Crippen LogP contribution in [0.1, 0.15) is 6.42 Å². The van der Waals surface area contributed by atoms with Crippen LogP contribution in [0.3, 0.4) is 0 Å². The second-order valence-electron chi connectivity index (χ2n) is 4.71. The zero-order chi connectivity index (χ0) is 11.8. The largest absolute Gasteiger partial charge is 0.465 e. The van der Waals surface area contributed by atoms with Crippen molar-refractivity contribution in [1.29, 1.82) is 0 Å². The summed E-state index contributed by atoms with van der Waals surface area (Å²) < 4.78 is 0. The first-order chi connectivity index (χ1) is 8.25. The van der Waals surface area contributed by atoms with Crippen LogP contribution in [0.5, 0.6) is 0 Å². The molecule has 1 aromatic rings. The first-order valence-electron chi connectivity index (χ1n) is 5.90. The van der Waals surface area contributed by atoms with Gasteiger partial charge in [0.05, 0.1) is 17.9 Å². The Morgan fingerprint density at radius 2 is 2.35 bits per heavy atom. The highest BCUT2D eigenvalue weighted by atomic mass is 16.4. The maximum atomic E-state index is 11.0. The Bertz CT molecular complexity index is 423. The number of carbonyl (C=O) groups is 1. The van der Waals surface area contributed by atoms with Crippen molar-refractivity contribution in [2.75, 3.05) is 24.5 Å². The highest BCUT2D eigenvalue weighted by Crippen LogP contribution is 2.34. The Morgan fingerprint density at radius 1 is 1.47 bits per heavy atom. The summed E-state index contributed by atoms with van der Waals surface area (Å²) in [5, 5.41) is 9.02. The van der Waals surface area contributed by atoms with E-state index >= 15 is 0 Å². The van der Waals surface area contributed by atoms with E-state index in [2.05, 4.69) is 9.88 Å². The summed E-state index contributed by atoms with van der Waals surface area (Å²) in [5.41, 5.74) is 1.10. The third-order valence-corrected chi connectivity index (χ3v) is 3.80. The number of aromatic nitrogens is 1. The SMILES string of the molecule is O=C(O)N1C[C@H]2CCN(c3cccnc3)[C@H]2C1. The molecule has 3 rings (SSSR count). The topological polar surface area (TPSA) is 56.7 Å². The van der Waals surface area contributed by atoms with E-state index in [4.69, 9.17) is 5.11 Å². The number of rotatable bonds is 1. The lowest BCUT2D eigenvalue weighted by atomic mass is 10.1. The van der Waals surface area contributed by atoms with Gasteiger partial charge in [0.15, 0.2) is 0 Å². The van der Waals surface area contributed by atoms with E-state index in [1.165, 1.54) is 4.90 Å². The zero-order valence-electron chi connectivity index (χ0n) is 9.49. The molecule has 1 N–H and O–H groups in total. The van der Waals surface area contributed by atoms with Crippen molar-refractivity contribution < 1.29 is 9.90 Å². The number of likely N-dealkylation sites (tertiary alicyclic amines) is 1. The van der Waals surface area contributed by atoms with E-state index in [0.717, 1.165) is 18.7 Å². The van der Waals surface area contributed by atoms with Crippen LogP contribution in [0.15, 0.2) is 24.5 Å². The minimum atomic E-state index is -0.800. The summed E-state index contributed by atoms with van der Waals surface area (Å²) in [6.45, 7) is 2.31. The number of amides is 1. The van der Waals surface area contributed by atoms with Crippen LogP contribution in [0.25, 0.3) is 0 Å². The molecule has 1 aromatic heterocycles. The third-order valence-electron chi connectivity index (χ3n) is 3.80. The molecule has 90 valence electrons. The van der Waals surface area contributed by atoms with Crippen LogP contribution in [-0.4, -0.2) is 46.8 Å². The minimum absolute atomic E-state index is 0.329. The Kier molecular flexibility index (Phi) is 2.39. The van der Waals surface area contributed by atoms with Crippen LogP contribution in [0.2, 0.25) is 0 Å². The van der Waals surface area contributed by atoms with Gasteiger partial charge in [-0.15, -0.1) is 0 Å². The predicted octanol–water partition coefficient (Wildman–Crippen LogP) is 1.27. The van der Waals surface area contributed by atoms with Crippen LogP contribution in [0.4, 0.5) is 10.5 Å². The van der Waals surface area contributed by atoms with Crippen LogP contribution >= 0.6 is 0 Å². The van der Waals surface area contributed by atoms with E-state index in [1.54, 1.807) is 6.20 Å². The first kappa shape index (κ1) is 10.4. The molecule has 2 aliphatic heterocycles. The third kappa shape index (κ3) is 1.71. The molecule has 5 nitrogen and oxygen atoms in total. The van der Waals surface area contributed by atoms with Gasteiger partial charge in [-0.1, -0.05) is 0 Å². The molecule has 17 heavy (non-hydrogen) atoms. The lowest BCUT2D eigenvalue weighted by molar-refractivity contribution is 0.153. The fourth-order valence-corrected chi connectivity index (χ4v) is 2.96. The van der Waals surface area contributed by atoms with Crippen molar-refractivity contribution in [2.24, 2.45) is 5.92 Å². The average molecular weight is 233 g/mol. The second-order valence-corrected chi connectivity index (χ2v) is 4.71. The van der Waals surface area contributed by atoms with Crippen LogP contribution < -0.4 is 4.90 Å². The Morgan fingerprint density at radius 3 is 3.06 bits per heavy atom. The molecule has 5 heteroatoms. The number of hydrogen-bond acceptors (Lipinski definition) is 3. The molecule has 2 atom stereocenters. The molecule has 2 aliphatic rings. The number of pyridine rings is 1. The van der Waals surface area contributed by atoms with Gasteiger partial charge < -0.3 is 14.9 Å². The fourth-order valence-electron chi connectivity index (χ4n) is 2.96. The van der Waals surface area contributed by atoms with Gasteiger partial charge in [0.2, 0.25) is 0 Å². The van der Waals surface area contributed by atoms with Crippen LogP contribution in [-0.2, 0) is 0 Å². The summed E-state index contributed by atoms with van der Waals surface area (Å²) in [6, 6.07) is 4.29. The van der Waals surface area contributed by atoms with Gasteiger partial charge in [0.25, 0.3) is 0 Å². The molecular formula is C12H15N3O2. The molecule has 0 spiro atoms. The number of nitrogens with zero attached hydrogens (tertiary/aromatic N) is 3. The Hall–Kier alpha value is -1.78. The van der Waals surface area contributed by atoms with Gasteiger partial charge in [0.1, 0.15) is 0 Å². The number of fused-ring (bicyclic) bond motifs is 1. The van der Waals surface area contributed by atoms with Gasteiger partial charge in [0, 0.05) is 31.7 Å². The molecule has 1 amide bonds. The molecule has 0 saturated carbocycles. The minimum Gasteiger partial charge on any atom is -0.465 e. The van der Waals surface area contributed by atoms with Gasteiger partial charge in [-0.3, -0.25) is 4.98 Å². The highest BCUT2D eigenvalue weighted by molar-refractivity contribution is 5.66. The van der Waals surface area contributed by atoms with Crippen LogP contribution in [0, 0.1) is 5.92 Å². The molecule has 0 radical (unpaired) electrons. The lowest BCUT2D eigenvalue weighted by Crippen LogP contribution is -2.36. The molecule has 0 bridgehead atoms. The van der Waals surface area contributed by atoms with Crippen molar-refractivity contribution in [2.45, 2.75) is 12.5 Å². The van der Waals surface area contributed by atoms with Crippen molar-refractivity contribution in [3.05, 3.63) is 24.5 Å². The van der Waals surface area contributed by atoms with Gasteiger partial charge in [-0.05, 0) is 18.6 Å². The normalized spacial score (nSPS) is 27.3. The molecule has 2 fully saturated rings. The van der Waals surface area contributed by atoms with E-state index in [9.17, 15) is 4.79 Å². The quantitative estimate of drug-likeness (QED) is 0.793. The monoisotopic (exact) mass is 233 g/mol. The fraction of sp³-hybridized carbons (Fsp3) is 0.500. The van der Waals surface area contributed by atoms with E-state index in [-0.39, 0.29) is 0 Å². The lowest BCUT2D eigenvalue weighted by Gasteiger charge is -2.25. The van der Waals surface area contributed by atoms with E-state index in [0.29, 0.717) is 25.0 Å². The standard InChI is InChI=1S/C12H15N3O2/c16-12(17)14-7-9-3-5-15(11(9)8-14)10-2-1-4-13-6-10/h1-2,4,6,9,11H,3,5,7-8H2,(H,16,17)/t9-,11+/m1/s1. The summed E-state index contributed by atoms with van der Waals surface area (Å²) in [7, 11) is 0. The Labute approximate surface area is 99.7 Å². The molecular weight excluding hydrogens is 218 g/mol. The van der Waals surface area contributed by atoms with Crippen molar-refractivity contribution in [3.63, 3.8) is 0 Å². The number of anilines is 1. The first-order valence-corrected chi connectivity index (χ1v) is 5.90. The van der Waals surface area contributed by atoms with Gasteiger partial charge in [-0.2, -0.15) is 0 Å². The summed E-state index contributed by atoms with van der Waals surface area (Å²) >= 11 is 0. The highest BCUT2D eigenvalue weighted by Gasteiger charge is 2.42. The zero-order valence-corrected chi connectivity index (χ0v) is 9.49. The van der Waals surface area contributed by atoms with Crippen molar-refractivity contribution in [1.82, 2.24) is 9.88 Å². The van der Waals surface area contributed by atoms with Crippen molar-refractivity contribution >= 4 is 11.8 Å². The molecule has 0 unspecified atom stereocenters. The maximum absolute atomic E-state index is 11.0. The maximum Gasteiger partial charge on any atom is 0.407 e. The molecule has 2 saturated heterocycles. The molecule has 0 aliphatic carbocycles. The number of carboxylic acid groups (broad SMARTS) is 1. The summed E-state index contributed by atoms with van der Waals surface area (Å²) in [5.74, 6) is 0.478. The predicted molar refractivity (Wildman–Crippen MR) is 63.1 cm³/mol. The summed E-state index contributed by atoms with van der Waals surface area (Å²) in [4.78, 5) is 18.9. The molecule has 0 aromatic carbocycles. The Balaban J connectivity index is 1.79. The summed E-state index contributed by atoms with van der Waals surface area (Å²) in [6.07, 6.45) is 3.88.